The monoisotopic (exact) mass is 419 g/mol. The minimum Gasteiger partial charge on any atom is -0.459 e. The van der Waals surface area contributed by atoms with E-state index < -0.39 is 11.6 Å². The molecule has 3 aromatic rings. The number of quaternary nitrogens is 1. The van der Waals surface area contributed by atoms with Crippen molar-refractivity contribution in [1.82, 2.24) is 5.16 Å². The van der Waals surface area contributed by atoms with E-state index in [1.54, 1.807) is 6.26 Å². The average molecular weight is 420 g/mol. The Kier molecular flexibility index (Phi) is 4.91. The molecule has 5 rings (SSSR count). The third-order valence-corrected chi connectivity index (χ3v) is 6.87. The van der Waals surface area contributed by atoms with Crippen molar-refractivity contribution in [2.45, 2.75) is 31.0 Å². The highest BCUT2D eigenvalue weighted by Crippen LogP contribution is 2.48. The van der Waals surface area contributed by atoms with Crippen LogP contribution in [0.15, 0.2) is 65.4 Å². The predicted octanol–water partition coefficient (Wildman–Crippen LogP) is 3.29. The molecule has 0 atom stereocenters. The topological polar surface area (TPSA) is 72.6 Å². The zero-order chi connectivity index (χ0) is 21.5. The Morgan fingerprint density at radius 3 is 2.29 bits per heavy atom. The van der Waals surface area contributed by atoms with Gasteiger partial charge in [-0.2, -0.15) is 0 Å². The summed E-state index contributed by atoms with van der Waals surface area (Å²) in [6.07, 6.45) is 3.84. The van der Waals surface area contributed by atoms with Crippen molar-refractivity contribution in [3.05, 3.63) is 77.7 Å². The third kappa shape index (κ3) is 3.46. The summed E-state index contributed by atoms with van der Waals surface area (Å²) in [4.78, 5) is 13.3. The first-order chi connectivity index (χ1) is 15.0. The molecule has 0 saturated carbocycles. The second-order valence-electron chi connectivity index (χ2n) is 8.94. The lowest BCUT2D eigenvalue weighted by Crippen LogP contribution is -2.53. The number of aromatic nitrogens is 1. The van der Waals surface area contributed by atoms with Gasteiger partial charge < -0.3 is 18.8 Å². The highest BCUT2D eigenvalue weighted by atomic mass is 16.6. The van der Waals surface area contributed by atoms with Gasteiger partial charge >= 0.3 is 5.97 Å². The van der Waals surface area contributed by atoms with Crippen LogP contribution in [0.1, 0.15) is 29.7 Å². The number of benzene rings is 2. The smallest absolute Gasteiger partial charge is 0.348 e. The summed E-state index contributed by atoms with van der Waals surface area (Å²) in [6.45, 7) is 2.81. The van der Waals surface area contributed by atoms with Gasteiger partial charge in [0.15, 0.2) is 0 Å². The maximum atomic E-state index is 13.3. The van der Waals surface area contributed by atoms with E-state index in [4.69, 9.17) is 9.26 Å². The third-order valence-electron chi connectivity index (χ3n) is 6.87. The van der Waals surface area contributed by atoms with Gasteiger partial charge in [-0.3, -0.25) is 0 Å². The molecule has 0 spiro atoms. The Morgan fingerprint density at radius 2 is 1.71 bits per heavy atom. The normalized spacial score (nSPS) is 23.7. The molecular weight excluding hydrogens is 392 g/mol. The van der Waals surface area contributed by atoms with Gasteiger partial charge in [-0.15, -0.1) is 0 Å². The molecule has 1 aliphatic carbocycles. The molecular formula is C25H27N2O4+. The summed E-state index contributed by atoms with van der Waals surface area (Å²) in [5, 5.41) is 15.6. The number of rotatable bonds is 5. The fourth-order valence-corrected chi connectivity index (χ4v) is 4.93. The number of piperidine rings is 1. The van der Waals surface area contributed by atoms with Crippen LogP contribution in [0.2, 0.25) is 0 Å². The average Bonchev–Trinajstić information content (AvgIpc) is 3.41. The number of nitrogens with zero attached hydrogens (tertiary/aromatic N) is 2. The fraction of sp³-hybridized carbons (Fsp3) is 0.360. The first-order valence-corrected chi connectivity index (χ1v) is 10.9. The van der Waals surface area contributed by atoms with Crippen molar-refractivity contribution in [1.29, 1.82) is 0 Å². The molecule has 6 nitrogen and oxygen atoms in total. The van der Waals surface area contributed by atoms with Gasteiger partial charge in [-0.05, 0) is 11.1 Å². The van der Waals surface area contributed by atoms with E-state index in [0.29, 0.717) is 11.1 Å². The second kappa shape index (κ2) is 7.62. The number of hydrogen-bond acceptors (Lipinski definition) is 5. The molecule has 2 aromatic carbocycles. The highest BCUT2D eigenvalue weighted by molar-refractivity contribution is 5.96. The molecule has 2 heterocycles. The standard InChI is InChI=1S/C25H27N2O4/c1-27(14-10-18-13-17-30-26-18)15-11-19(12-16-27)31-24(28)25(29)22-8-4-2-6-20(22)21-7-3-5-9-23(21)25/h2-9,13,17,19,29H,10-12,14-16H2,1H3/q+1. The predicted molar refractivity (Wildman–Crippen MR) is 115 cm³/mol. The van der Waals surface area contributed by atoms with Crippen molar-refractivity contribution in [3.63, 3.8) is 0 Å². The molecule has 1 fully saturated rings. The Hall–Kier alpha value is -2.96. The second-order valence-corrected chi connectivity index (χ2v) is 8.94. The van der Waals surface area contributed by atoms with Crippen LogP contribution in [0.3, 0.4) is 0 Å². The lowest BCUT2D eigenvalue weighted by molar-refractivity contribution is -0.914. The van der Waals surface area contributed by atoms with Crippen LogP contribution in [0.4, 0.5) is 0 Å². The molecule has 31 heavy (non-hydrogen) atoms. The minimum absolute atomic E-state index is 0.185. The van der Waals surface area contributed by atoms with E-state index in [1.165, 1.54) is 0 Å². The van der Waals surface area contributed by atoms with E-state index in [1.807, 2.05) is 54.6 Å². The van der Waals surface area contributed by atoms with Crippen molar-refractivity contribution in [2.75, 3.05) is 26.7 Å². The van der Waals surface area contributed by atoms with Crippen LogP contribution in [0, 0.1) is 0 Å². The number of ether oxygens (including phenoxy) is 1. The largest absolute Gasteiger partial charge is 0.459 e. The lowest BCUT2D eigenvalue weighted by Gasteiger charge is -2.40. The Morgan fingerprint density at radius 1 is 1.10 bits per heavy atom. The van der Waals surface area contributed by atoms with E-state index >= 15 is 0 Å². The first kappa shape index (κ1) is 20.0. The molecule has 0 radical (unpaired) electrons. The van der Waals surface area contributed by atoms with Crippen LogP contribution < -0.4 is 0 Å². The molecule has 0 bridgehead atoms. The molecule has 1 aliphatic heterocycles. The number of hydrogen-bond donors (Lipinski definition) is 1. The van der Waals surface area contributed by atoms with Gasteiger partial charge in [0.2, 0.25) is 5.60 Å². The van der Waals surface area contributed by atoms with E-state index in [-0.39, 0.29) is 6.10 Å². The van der Waals surface area contributed by atoms with Crippen LogP contribution in [-0.4, -0.2) is 53.5 Å². The van der Waals surface area contributed by atoms with Gasteiger partial charge in [-0.1, -0.05) is 53.7 Å². The maximum Gasteiger partial charge on any atom is 0.348 e. The molecule has 6 heteroatoms. The van der Waals surface area contributed by atoms with Crippen LogP contribution in [0.5, 0.6) is 0 Å². The van der Waals surface area contributed by atoms with Crippen molar-refractivity contribution in [2.24, 2.45) is 0 Å². The van der Waals surface area contributed by atoms with Crippen molar-refractivity contribution >= 4 is 5.97 Å². The Balaban J connectivity index is 1.28. The van der Waals surface area contributed by atoms with Gasteiger partial charge in [0.05, 0.1) is 32.4 Å². The molecule has 1 N–H and O–H groups in total. The zero-order valence-electron chi connectivity index (χ0n) is 17.7. The van der Waals surface area contributed by atoms with Gasteiger partial charge in [-0.25, -0.2) is 4.79 Å². The van der Waals surface area contributed by atoms with Gasteiger partial charge in [0.25, 0.3) is 0 Å². The number of carbonyl (C=O) groups excluding carboxylic acids is 1. The first-order valence-electron chi connectivity index (χ1n) is 10.9. The van der Waals surface area contributed by atoms with E-state index in [0.717, 1.165) is 60.2 Å². The summed E-state index contributed by atoms with van der Waals surface area (Å²) in [5.41, 5.74) is 2.19. The Labute approximate surface area is 181 Å². The van der Waals surface area contributed by atoms with Crippen LogP contribution >= 0.6 is 0 Å². The van der Waals surface area contributed by atoms with Crippen molar-refractivity contribution < 1.29 is 23.6 Å². The van der Waals surface area contributed by atoms with Crippen LogP contribution in [-0.2, 0) is 21.6 Å². The fourth-order valence-electron chi connectivity index (χ4n) is 4.93. The SMILES string of the molecule is C[N+]1(CCc2ccon2)CCC(OC(=O)C2(O)c3ccccc3-c3ccccc32)CC1. The number of esters is 1. The number of likely N-dealkylation sites (tertiary alicyclic amines) is 1. The molecule has 1 aromatic heterocycles. The van der Waals surface area contributed by atoms with E-state index in [9.17, 15) is 9.90 Å². The lowest BCUT2D eigenvalue weighted by atomic mass is 9.91. The quantitative estimate of drug-likeness (QED) is 0.508. The maximum absolute atomic E-state index is 13.3. The summed E-state index contributed by atoms with van der Waals surface area (Å²) in [7, 11) is 2.23. The van der Waals surface area contributed by atoms with Crippen molar-refractivity contribution in [3.8, 4) is 11.1 Å². The van der Waals surface area contributed by atoms with Crippen LogP contribution in [0.25, 0.3) is 11.1 Å². The summed E-state index contributed by atoms with van der Waals surface area (Å²) in [6, 6.07) is 17.0. The molecule has 2 aliphatic rings. The molecule has 0 amide bonds. The zero-order valence-corrected chi connectivity index (χ0v) is 17.7. The van der Waals surface area contributed by atoms with Gasteiger partial charge in [0.1, 0.15) is 12.4 Å². The molecule has 160 valence electrons. The summed E-state index contributed by atoms with van der Waals surface area (Å²) >= 11 is 0. The number of likely N-dealkylation sites (N-methyl/N-ethyl adjacent to an activating group) is 1. The number of aliphatic hydroxyl groups is 1. The summed E-state index contributed by atoms with van der Waals surface area (Å²) in [5.74, 6) is -0.575. The van der Waals surface area contributed by atoms with Gasteiger partial charge in [0, 0.05) is 36.5 Å². The van der Waals surface area contributed by atoms with E-state index in [2.05, 4.69) is 12.2 Å². The summed E-state index contributed by atoms with van der Waals surface area (Å²) < 4.78 is 11.7. The minimum atomic E-state index is -1.75. The molecule has 0 unspecified atom stereocenters. The number of fused-ring (bicyclic) bond motifs is 3. The molecule has 1 saturated heterocycles. The highest BCUT2D eigenvalue weighted by Gasteiger charge is 2.50. The number of carbonyl (C=O) groups is 1. The Bertz CT molecular complexity index is 1040.